The second-order valence-electron chi connectivity index (χ2n) is 9.68. The van der Waals surface area contributed by atoms with Gasteiger partial charge in [0.1, 0.15) is 11.5 Å². The van der Waals surface area contributed by atoms with Crippen LogP contribution in [0, 0.1) is 6.92 Å². The summed E-state index contributed by atoms with van der Waals surface area (Å²) in [4.78, 5) is 37.7. The molecule has 9 heteroatoms. The van der Waals surface area contributed by atoms with Gasteiger partial charge in [0.25, 0.3) is 11.8 Å². The third-order valence-electron chi connectivity index (χ3n) is 7.33. The Morgan fingerprint density at radius 3 is 2.08 bits per heavy atom. The Morgan fingerprint density at radius 1 is 0.865 bits per heavy atom. The van der Waals surface area contributed by atoms with Gasteiger partial charge < -0.3 is 24.0 Å². The molecule has 0 atom stereocenters. The molecule has 0 aliphatic carbocycles. The van der Waals surface area contributed by atoms with Crippen molar-refractivity contribution >= 4 is 11.8 Å². The molecule has 2 fully saturated rings. The van der Waals surface area contributed by atoms with Gasteiger partial charge in [-0.3, -0.25) is 19.5 Å². The van der Waals surface area contributed by atoms with E-state index in [0.717, 1.165) is 43.9 Å². The lowest BCUT2D eigenvalue weighted by atomic mass is 9.89. The van der Waals surface area contributed by atoms with Gasteiger partial charge >= 0.3 is 0 Å². The van der Waals surface area contributed by atoms with Gasteiger partial charge in [0, 0.05) is 76.2 Å². The first-order chi connectivity index (χ1) is 17.9. The van der Waals surface area contributed by atoms with Crippen molar-refractivity contribution in [3.8, 4) is 11.5 Å². The molecule has 1 aromatic carbocycles. The number of methoxy groups -OCH3 is 3. The highest BCUT2D eigenvalue weighted by molar-refractivity contribution is 5.96. The molecule has 2 aliphatic rings. The number of likely N-dealkylation sites (tertiary alicyclic amines) is 1. The van der Waals surface area contributed by atoms with E-state index in [-0.39, 0.29) is 17.7 Å². The number of hydrogen-bond acceptors (Lipinski definition) is 7. The smallest absolute Gasteiger partial charge is 0.255 e. The highest BCUT2D eigenvalue weighted by Gasteiger charge is 2.31. The zero-order chi connectivity index (χ0) is 26.4. The summed E-state index contributed by atoms with van der Waals surface area (Å²) in [6.07, 6.45) is 1.52. The molecule has 0 radical (unpaired) electrons. The minimum Gasteiger partial charge on any atom is -0.497 e. The van der Waals surface area contributed by atoms with Crippen LogP contribution >= 0.6 is 0 Å². The number of pyridine rings is 1. The second kappa shape index (κ2) is 12.4. The Kier molecular flexibility index (Phi) is 9.00. The van der Waals surface area contributed by atoms with Crippen LogP contribution < -0.4 is 9.47 Å². The predicted octanol–water partition coefficient (Wildman–Crippen LogP) is 2.83. The summed E-state index contributed by atoms with van der Waals surface area (Å²) in [6.45, 7) is 7.84. The molecule has 0 saturated carbocycles. The summed E-state index contributed by atoms with van der Waals surface area (Å²) in [5.74, 6) is 1.31. The second-order valence-corrected chi connectivity index (χ2v) is 9.68. The number of piperidine rings is 1. The van der Waals surface area contributed by atoms with Crippen LogP contribution in [0.2, 0.25) is 0 Å². The molecule has 2 saturated heterocycles. The Balaban J connectivity index is 1.43. The highest BCUT2D eigenvalue weighted by Crippen LogP contribution is 2.32. The summed E-state index contributed by atoms with van der Waals surface area (Å²) in [5, 5.41) is 0. The van der Waals surface area contributed by atoms with Crippen molar-refractivity contribution in [2.24, 2.45) is 0 Å². The minimum atomic E-state index is -0.0458. The Labute approximate surface area is 219 Å². The van der Waals surface area contributed by atoms with E-state index >= 15 is 0 Å². The van der Waals surface area contributed by atoms with Crippen LogP contribution in [-0.2, 0) is 4.74 Å². The van der Waals surface area contributed by atoms with Crippen molar-refractivity contribution in [2.75, 3.05) is 73.7 Å². The molecule has 37 heavy (non-hydrogen) atoms. The first kappa shape index (κ1) is 26.9. The van der Waals surface area contributed by atoms with Crippen LogP contribution in [0.3, 0.4) is 0 Å². The van der Waals surface area contributed by atoms with Gasteiger partial charge in [-0.05, 0) is 44.0 Å². The molecule has 2 aromatic rings. The van der Waals surface area contributed by atoms with Crippen LogP contribution in [0.5, 0.6) is 11.5 Å². The number of hydrogen-bond donors (Lipinski definition) is 0. The summed E-state index contributed by atoms with van der Waals surface area (Å²) < 4.78 is 15.8. The monoisotopic (exact) mass is 510 g/mol. The number of ether oxygens (including phenoxy) is 3. The summed E-state index contributed by atoms with van der Waals surface area (Å²) in [6, 6.07) is 9.08. The van der Waals surface area contributed by atoms with E-state index in [1.54, 1.807) is 39.5 Å². The number of aromatic nitrogens is 1. The Morgan fingerprint density at radius 2 is 1.49 bits per heavy atom. The maximum absolute atomic E-state index is 13.5. The Bertz CT molecular complexity index is 1070. The number of carbonyl (C=O) groups excluding carboxylic acids is 2. The number of nitrogens with zero attached hydrogens (tertiary/aromatic N) is 4. The summed E-state index contributed by atoms with van der Waals surface area (Å²) in [5.41, 5.74) is 3.00. The van der Waals surface area contributed by atoms with Gasteiger partial charge in [-0.15, -0.1) is 0 Å². The van der Waals surface area contributed by atoms with Gasteiger partial charge in [-0.2, -0.15) is 0 Å². The molecule has 0 unspecified atom stereocenters. The van der Waals surface area contributed by atoms with E-state index in [4.69, 9.17) is 19.2 Å². The van der Waals surface area contributed by atoms with Gasteiger partial charge in [0.2, 0.25) is 0 Å². The molecule has 200 valence electrons. The lowest BCUT2D eigenvalue weighted by molar-refractivity contribution is 0.0589. The maximum Gasteiger partial charge on any atom is 0.255 e. The van der Waals surface area contributed by atoms with Gasteiger partial charge in [-0.25, -0.2) is 0 Å². The van der Waals surface area contributed by atoms with Crippen molar-refractivity contribution in [1.82, 2.24) is 19.7 Å². The van der Waals surface area contributed by atoms with Crippen molar-refractivity contribution in [3.05, 3.63) is 52.8 Å². The number of benzene rings is 1. The highest BCUT2D eigenvalue weighted by atomic mass is 16.5. The standard InChI is InChI=1S/C28H38N4O5/c1-20-5-6-25(28(34)32-13-11-30(12-14-32)15-16-35-2)26(29-20)21-7-9-31(10-8-21)27(33)22-17-23(36-3)19-24(18-22)37-4/h5-6,17-19,21H,7-16H2,1-4H3. The topological polar surface area (TPSA) is 84.4 Å². The first-order valence-electron chi connectivity index (χ1n) is 12.9. The van der Waals surface area contributed by atoms with Crippen molar-refractivity contribution in [3.63, 3.8) is 0 Å². The lowest BCUT2D eigenvalue weighted by Crippen LogP contribution is -2.49. The molecule has 4 rings (SSSR count). The molecule has 2 aliphatic heterocycles. The van der Waals surface area contributed by atoms with E-state index in [2.05, 4.69) is 4.90 Å². The van der Waals surface area contributed by atoms with Gasteiger partial charge in [0.05, 0.1) is 32.1 Å². The minimum absolute atomic E-state index is 0.0458. The average Bonchev–Trinajstić information content (AvgIpc) is 2.95. The fourth-order valence-corrected chi connectivity index (χ4v) is 5.10. The SMILES string of the molecule is COCCN1CCN(C(=O)c2ccc(C)nc2C2CCN(C(=O)c3cc(OC)cc(OC)c3)CC2)CC1. The van der Waals surface area contributed by atoms with Crippen LogP contribution in [-0.4, -0.2) is 105 Å². The zero-order valence-corrected chi connectivity index (χ0v) is 22.4. The van der Waals surface area contributed by atoms with E-state index in [1.165, 1.54) is 0 Å². The molecule has 9 nitrogen and oxygen atoms in total. The molecule has 1 aromatic heterocycles. The number of piperazine rings is 1. The van der Waals surface area contributed by atoms with Crippen molar-refractivity contribution < 1.29 is 23.8 Å². The lowest BCUT2D eigenvalue weighted by Gasteiger charge is -2.36. The molecular formula is C28H38N4O5. The van der Waals surface area contributed by atoms with Crippen molar-refractivity contribution in [2.45, 2.75) is 25.7 Å². The van der Waals surface area contributed by atoms with Crippen LogP contribution in [0.1, 0.15) is 50.9 Å². The maximum atomic E-state index is 13.5. The van der Waals surface area contributed by atoms with Crippen molar-refractivity contribution in [1.29, 1.82) is 0 Å². The zero-order valence-electron chi connectivity index (χ0n) is 22.4. The molecule has 0 N–H and O–H groups in total. The fraction of sp³-hybridized carbons (Fsp3) is 0.536. The third kappa shape index (κ3) is 6.40. The van der Waals surface area contributed by atoms with E-state index in [9.17, 15) is 9.59 Å². The number of carbonyl (C=O) groups is 2. The van der Waals surface area contributed by atoms with E-state index < -0.39 is 0 Å². The van der Waals surface area contributed by atoms with Gasteiger partial charge in [-0.1, -0.05) is 0 Å². The molecule has 0 bridgehead atoms. The largest absolute Gasteiger partial charge is 0.497 e. The molecular weight excluding hydrogens is 472 g/mol. The molecule has 3 heterocycles. The summed E-state index contributed by atoms with van der Waals surface area (Å²) >= 11 is 0. The predicted molar refractivity (Wildman–Crippen MR) is 141 cm³/mol. The first-order valence-corrected chi connectivity index (χ1v) is 12.9. The fourth-order valence-electron chi connectivity index (χ4n) is 5.10. The number of aryl methyl sites for hydroxylation is 1. The van der Waals surface area contributed by atoms with E-state index in [0.29, 0.717) is 55.4 Å². The van der Waals surface area contributed by atoms with E-state index in [1.807, 2.05) is 28.9 Å². The van der Waals surface area contributed by atoms with Gasteiger partial charge in [0.15, 0.2) is 0 Å². The normalized spacial score (nSPS) is 17.1. The van der Waals surface area contributed by atoms with Crippen LogP contribution in [0.4, 0.5) is 0 Å². The molecule has 0 spiro atoms. The number of amides is 2. The summed E-state index contributed by atoms with van der Waals surface area (Å²) in [7, 11) is 4.86. The van der Waals surface area contributed by atoms with Crippen LogP contribution in [0.15, 0.2) is 30.3 Å². The van der Waals surface area contributed by atoms with Crippen LogP contribution in [0.25, 0.3) is 0 Å². The number of rotatable bonds is 8. The third-order valence-corrected chi connectivity index (χ3v) is 7.33. The quantitative estimate of drug-likeness (QED) is 0.540. The Hall–Kier alpha value is -3.17. The average molecular weight is 511 g/mol. The molecule has 2 amide bonds.